The Labute approximate surface area is 171 Å². The predicted octanol–water partition coefficient (Wildman–Crippen LogP) is 4.99. The van der Waals surface area contributed by atoms with Gasteiger partial charge in [0.15, 0.2) is 11.4 Å². The lowest BCUT2D eigenvalue weighted by molar-refractivity contribution is -0.258. The van der Waals surface area contributed by atoms with E-state index < -0.39 is 11.8 Å². The van der Waals surface area contributed by atoms with E-state index in [0.717, 1.165) is 31.2 Å². The van der Waals surface area contributed by atoms with E-state index >= 15 is 0 Å². The van der Waals surface area contributed by atoms with Crippen molar-refractivity contribution in [3.05, 3.63) is 70.5 Å². The number of nitrogens with zero attached hydrogens (tertiary/aromatic N) is 3. The fourth-order valence-electron chi connectivity index (χ4n) is 3.67. The highest BCUT2D eigenvalue weighted by atomic mass is 35.5. The molecule has 1 aliphatic rings. The number of hydrogen-bond donors (Lipinski definition) is 1. The second-order valence-corrected chi connectivity index (χ2v) is 8.03. The van der Waals surface area contributed by atoms with Crippen LogP contribution in [0.5, 0.6) is 0 Å². The zero-order chi connectivity index (χ0) is 21.0. The molecule has 1 saturated carbocycles. The molecule has 1 N–H and O–H groups in total. The van der Waals surface area contributed by atoms with Crippen LogP contribution in [0.15, 0.2) is 48.5 Å². The van der Waals surface area contributed by atoms with Gasteiger partial charge in [-0.25, -0.2) is 0 Å². The summed E-state index contributed by atoms with van der Waals surface area (Å²) in [5, 5.41) is 18.9. The summed E-state index contributed by atoms with van der Waals surface area (Å²) in [4.78, 5) is 0. The van der Waals surface area contributed by atoms with Gasteiger partial charge in [0.05, 0.1) is 10.4 Å². The van der Waals surface area contributed by atoms with Gasteiger partial charge in [-0.3, -0.25) is 0 Å². The molecule has 0 amide bonds. The topological polar surface area (TPSA) is 50.9 Å². The molecule has 1 atom stereocenters. The van der Waals surface area contributed by atoms with Gasteiger partial charge in [0.25, 0.3) is 0 Å². The van der Waals surface area contributed by atoms with E-state index in [-0.39, 0.29) is 16.0 Å². The molecule has 4 rings (SSSR count). The van der Waals surface area contributed by atoms with Crippen LogP contribution < -0.4 is 0 Å². The Hall–Kier alpha value is -2.38. The third kappa shape index (κ3) is 3.13. The molecule has 1 unspecified atom stereocenters. The Balaban J connectivity index is 1.79. The second-order valence-electron chi connectivity index (χ2n) is 7.62. The zero-order valence-electron chi connectivity index (χ0n) is 15.8. The molecule has 2 aromatic carbocycles. The highest BCUT2D eigenvalue weighted by molar-refractivity contribution is 6.33. The first kappa shape index (κ1) is 19.9. The second kappa shape index (κ2) is 6.57. The Morgan fingerprint density at radius 2 is 1.72 bits per heavy atom. The maximum Gasteiger partial charge on any atom is 0.421 e. The molecular formula is C21H19ClF3N3O. The van der Waals surface area contributed by atoms with E-state index in [1.165, 1.54) is 18.2 Å². The molecule has 0 radical (unpaired) electrons. The van der Waals surface area contributed by atoms with Crippen LogP contribution in [0.1, 0.15) is 36.7 Å². The number of aliphatic hydroxyl groups is 1. The fraction of sp³-hybridized carbons (Fsp3) is 0.333. The summed E-state index contributed by atoms with van der Waals surface area (Å²) in [7, 11) is 1.78. The van der Waals surface area contributed by atoms with Crippen LogP contribution in [0, 0.1) is 0 Å². The number of rotatable bonds is 4. The Bertz CT molecular complexity index is 1060. The van der Waals surface area contributed by atoms with Gasteiger partial charge in [-0.15, -0.1) is 10.2 Å². The highest BCUT2D eigenvalue weighted by Gasteiger charge is 2.52. The van der Waals surface area contributed by atoms with Crippen molar-refractivity contribution in [3.8, 4) is 11.4 Å². The lowest BCUT2D eigenvalue weighted by Crippen LogP contribution is -2.39. The molecule has 1 aromatic heterocycles. The van der Waals surface area contributed by atoms with Crippen LogP contribution in [-0.2, 0) is 18.1 Å². The molecule has 1 fully saturated rings. The maximum absolute atomic E-state index is 13.3. The van der Waals surface area contributed by atoms with Gasteiger partial charge in [-0.05, 0) is 43.0 Å². The molecule has 0 bridgehead atoms. The van der Waals surface area contributed by atoms with Gasteiger partial charge in [0.2, 0.25) is 0 Å². The standard InChI is InChI=1S/C21H19ClF3N3O/c1-19(29,21(23,24)25)14-8-9-16(22)15(12-14)17-26-27-18(28(17)2)20(10-11-20)13-6-4-3-5-7-13/h3-9,12,29H,10-11H2,1-2H3. The molecule has 152 valence electrons. The van der Waals surface area contributed by atoms with E-state index in [1.54, 1.807) is 11.6 Å². The van der Waals surface area contributed by atoms with E-state index in [9.17, 15) is 18.3 Å². The summed E-state index contributed by atoms with van der Waals surface area (Å²) in [6, 6.07) is 13.7. The number of benzene rings is 2. The van der Waals surface area contributed by atoms with Gasteiger partial charge in [-0.2, -0.15) is 13.2 Å². The van der Waals surface area contributed by atoms with Crippen molar-refractivity contribution >= 4 is 11.6 Å². The van der Waals surface area contributed by atoms with Crippen molar-refractivity contribution in [3.63, 3.8) is 0 Å². The average molecular weight is 422 g/mol. The molecule has 4 nitrogen and oxygen atoms in total. The number of aromatic nitrogens is 3. The number of hydrogen-bond acceptors (Lipinski definition) is 3. The number of halogens is 4. The van der Waals surface area contributed by atoms with Crippen LogP contribution in [0.2, 0.25) is 5.02 Å². The summed E-state index contributed by atoms with van der Waals surface area (Å²) in [5.41, 5.74) is -2.14. The molecule has 1 heterocycles. The average Bonchev–Trinajstić information content (AvgIpc) is 3.39. The lowest BCUT2D eigenvalue weighted by atomic mass is 9.93. The molecule has 0 spiro atoms. The molecule has 29 heavy (non-hydrogen) atoms. The van der Waals surface area contributed by atoms with E-state index in [2.05, 4.69) is 10.2 Å². The van der Waals surface area contributed by atoms with Crippen LogP contribution in [0.4, 0.5) is 13.2 Å². The van der Waals surface area contributed by atoms with Crippen molar-refractivity contribution in [2.24, 2.45) is 7.05 Å². The minimum absolute atomic E-state index is 0.235. The Morgan fingerprint density at radius 1 is 1.07 bits per heavy atom. The van der Waals surface area contributed by atoms with Crippen molar-refractivity contribution in [2.75, 3.05) is 0 Å². The van der Waals surface area contributed by atoms with E-state index in [4.69, 9.17) is 11.6 Å². The van der Waals surface area contributed by atoms with Gasteiger partial charge >= 0.3 is 6.18 Å². The summed E-state index contributed by atoms with van der Waals surface area (Å²) in [6.45, 7) is 0.719. The van der Waals surface area contributed by atoms with Crippen LogP contribution in [-0.4, -0.2) is 26.0 Å². The van der Waals surface area contributed by atoms with Gasteiger partial charge in [0, 0.05) is 12.6 Å². The van der Waals surface area contributed by atoms with E-state index in [0.29, 0.717) is 11.4 Å². The van der Waals surface area contributed by atoms with Crippen molar-refractivity contribution in [1.82, 2.24) is 14.8 Å². The van der Waals surface area contributed by atoms with Crippen LogP contribution in [0.25, 0.3) is 11.4 Å². The summed E-state index contributed by atoms with van der Waals surface area (Å²) in [5.74, 6) is 1.09. The predicted molar refractivity (Wildman–Crippen MR) is 104 cm³/mol. The minimum atomic E-state index is -4.82. The first-order valence-electron chi connectivity index (χ1n) is 9.13. The molecular weight excluding hydrogens is 403 g/mol. The summed E-state index contributed by atoms with van der Waals surface area (Å²) in [6.07, 6.45) is -2.99. The van der Waals surface area contributed by atoms with Crippen LogP contribution in [0.3, 0.4) is 0 Å². The minimum Gasteiger partial charge on any atom is -0.376 e. The monoisotopic (exact) mass is 421 g/mol. The molecule has 3 aromatic rings. The summed E-state index contributed by atoms with van der Waals surface area (Å²) >= 11 is 6.28. The van der Waals surface area contributed by atoms with Crippen LogP contribution >= 0.6 is 11.6 Å². The fourth-order valence-corrected chi connectivity index (χ4v) is 3.87. The molecule has 8 heteroatoms. The third-order valence-electron chi connectivity index (χ3n) is 5.70. The normalized spacial score (nSPS) is 17.8. The molecule has 0 saturated heterocycles. The maximum atomic E-state index is 13.3. The largest absolute Gasteiger partial charge is 0.421 e. The quantitative estimate of drug-likeness (QED) is 0.646. The number of alkyl halides is 3. The zero-order valence-corrected chi connectivity index (χ0v) is 16.6. The molecule has 1 aliphatic carbocycles. The Morgan fingerprint density at radius 3 is 2.31 bits per heavy atom. The van der Waals surface area contributed by atoms with Gasteiger partial charge < -0.3 is 9.67 Å². The van der Waals surface area contributed by atoms with Gasteiger partial charge in [0.1, 0.15) is 5.82 Å². The highest BCUT2D eigenvalue weighted by Crippen LogP contribution is 2.53. The Kier molecular flexibility index (Phi) is 4.51. The van der Waals surface area contributed by atoms with E-state index in [1.807, 2.05) is 30.3 Å². The van der Waals surface area contributed by atoms with Gasteiger partial charge in [-0.1, -0.05) is 48.0 Å². The SMILES string of the molecule is Cn1c(-c2cc(C(C)(O)C(F)(F)F)ccc2Cl)nnc1C1(c2ccccc2)CC1. The first-order valence-corrected chi connectivity index (χ1v) is 9.50. The first-order chi connectivity index (χ1) is 13.6. The molecule has 0 aliphatic heterocycles. The van der Waals surface area contributed by atoms with Crippen molar-refractivity contribution < 1.29 is 18.3 Å². The smallest absolute Gasteiger partial charge is 0.376 e. The summed E-state index contributed by atoms with van der Waals surface area (Å²) < 4.78 is 41.6. The third-order valence-corrected chi connectivity index (χ3v) is 6.03. The van der Waals surface area contributed by atoms with Crippen molar-refractivity contribution in [1.29, 1.82) is 0 Å². The van der Waals surface area contributed by atoms with Crippen molar-refractivity contribution in [2.45, 2.75) is 37.0 Å². The lowest BCUT2D eigenvalue weighted by Gasteiger charge is -2.27.